The molecule has 3 N–H and O–H groups in total. The normalized spacial score (nSPS) is 11.4. The molecule has 0 radical (unpaired) electrons. The van der Waals surface area contributed by atoms with Crippen molar-refractivity contribution in [2.75, 3.05) is 17.2 Å². The second-order valence-corrected chi connectivity index (χ2v) is 8.16. The standard InChI is InChI=1S/C22H30N6O3/c1-5-6-11-27-19(23)18(20(29)25-22(27)31)26(12-10-14(2)3)21(30)16-13-28-15(4)8-7-9-17(28)24-16/h7-9,13-14H,5-6,10-12,23H2,1-4H3,(H,25,29,31). The van der Waals surface area contributed by atoms with Gasteiger partial charge in [-0.1, -0.05) is 33.3 Å². The van der Waals surface area contributed by atoms with E-state index in [1.807, 2.05) is 50.3 Å². The highest BCUT2D eigenvalue weighted by Gasteiger charge is 2.27. The Morgan fingerprint density at radius 2 is 2.03 bits per heavy atom. The summed E-state index contributed by atoms with van der Waals surface area (Å²) in [6.07, 6.45) is 3.90. The molecule has 0 spiro atoms. The smallest absolute Gasteiger partial charge is 0.330 e. The van der Waals surface area contributed by atoms with Gasteiger partial charge in [0.05, 0.1) is 0 Å². The third-order valence-corrected chi connectivity index (χ3v) is 5.31. The Bertz CT molecular complexity index is 1200. The number of imidazole rings is 1. The maximum absolute atomic E-state index is 13.5. The van der Waals surface area contributed by atoms with Crippen molar-refractivity contribution in [1.82, 2.24) is 18.9 Å². The van der Waals surface area contributed by atoms with E-state index in [1.165, 1.54) is 9.47 Å². The summed E-state index contributed by atoms with van der Waals surface area (Å²) in [6.45, 7) is 8.64. The summed E-state index contributed by atoms with van der Waals surface area (Å²) in [5, 5.41) is 0. The number of anilines is 2. The van der Waals surface area contributed by atoms with E-state index >= 15 is 0 Å². The minimum Gasteiger partial charge on any atom is -0.383 e. The number of fused-ring (bicyclic) bond motifs is 1. The number of nitrogens with two attached hydrogens (primary N) is 1. The molecule has 0 aliphatic rings. The van der Waals surface area contributed by atoms with E-state index in [0.717, 1.165) is 18.5 Å². The topological polar surface area (TPSA) is 118 Å². The van der Waals surface area contributed by atoms with E-state index in [0.29, 0.717) is 24.5 Å². The van der Waals surface area contributed by atoms with Gasteiger partial charge in [0.2, 0.25) is 0 Å². The number of rotatable bonds is 8. The lowest BCUT2D eigenvalue weighted by atomic mass is 10.1. The molecule has 3 aromatic heterocycles. The molecule has 9 nitrogen and oxygen atoms in total. The minimum absolute atomic E-state index is 0.000694. The third-order valence-electron chi connectivity index (χ3n) is 5.31. The number of nitrogens with zero attached hydrogens (tertiary/aromatic N) is 4. The summed E-state index contributed by atoms with van der Waals surface area (Å²) >= 11 is 0. The Morgan fingerprint density at radius 3 is 2.68 bits per heavy atom. The van der Waals surface area contributed by atoms with Crippen LogP contribution in [0.1, 0.15) is 56.2 Å². The van der Waals surface area contributed by atoms with Crippen molar-refractivity contribution >= 4 is 23.1 Å². The van der Waals surface area contributed by atoms with Crippen LogP contribution < -0.4 is 21.9 Å². The largest absolute Gasteiger partial charge is 0.383 e. The highest BCUT2D eigenvalue weighted by Crippen LogP contribution is 2.21. The molecular weight excluding hydrogens is 396 g/mol. The summed E-state index contributed by atoms with van der Waals surface area (Å²) < 4.78 is 3.15. The molecule has 3 heterocycles. The molecule has 0 saturated heterocycles. The quantitative estimate of drug-likeness (QED) is 0.574. The number of H-pyrrole nitrogens is 1. The van der Waals surface area contributed by atoms with E-state index < -0.39 is 17.2 Å². The van der Waals surface area contributed by atoms with E-state index in [2.05, 4.69) is 9.97 Å². The van der Waals surface area contributed by atoms with Gasteiger partial charge < -0.3 is 10.1 Å². The molecule has 0 fully saturated rings. The number of amides is 1. The monoisotopic (exact) mass is 426 g/mol. The first-order valence-electron chi connectivity index (χ1n) is 10.6. The number of hydrogen-bond acceptors (Lipinski definition) is 5. The Morgan fingerprint density at radius 1 is 1.29 bits per heavy atom. The predicted molar refractivity (Wildman–Crippen MR) is 122 cm³/mol. The Hall–Kier alpha value is -3.36. The molecule has 3 rings (SSSR count). The summed E-state index contributed by atoms with van der Waals surface area (Å²) in [7, 11) is 0. The fourth-order valence-corrected chi connectivity index (χ4v) is 3.47. The van der Waals surface area contributed by atoms with Gasteiger partial charge in [0.15, 0.2) is 5.69 Å². The maximum Gasteiger partial charge on any atom is 0.330 e. The van der Waals surface area contributed by atoms with Crippen molar-refractivity contribution in [3.05, 3.63) is 56.6 Å². The number of aromatic nitrogens is 4. The number of carbonyl (C=O) groups is 1. The molecule has 31 heavy (non-hydrogen) atoms. The highest BCUT2D eigenvalue weighted by atomic mass is 16.2. The first-order chi connectivity index (χ1) is 14.7. The van der Waals surface area contributed by atoms with E-state index in [-0.39, 0.29) is 23.7 Å². The summed E-state index contributed by atoms with van der Waals surface area (Å²) in [4.78, 5) is 46.7. The minimum atomic E-state index is -0.674. The van der Waals surface area contributed by atoms with Gasteiger partial charge in [0.25, 0.3) is 11.5 Å². The van der Waals surface area contributed by atoms with Crippen molar-refractivity contribution in [3.63, 3.8) is 0 Å². The number of aryl methyl sites for hydroxylation is 1. The van der Waals surface area contributed by atoms with E-state index in [1.54, 1.807) is 6.20 Å². The van der Waals surface area contributed by atoms with Gasteiger partial charge in [-0.15, -0.1) is 0 Å². The Kier molecular flexibility index (Phi) is 6.62. The van der Waals surface area contributed by atoms with Gasteiger partial charge in [-0.2, -0.15) is 0 Å². The molecule has 9 heteroatoms. The highest BCUT2D eigenvalue weighted by molar-refractivity contribution is 6.06. The van der Waals surface area contributed by atoms with Gasteiger partial charge in [-0.05, 0) is 37.8 Å². The molecule has 0 aromatic carbocycles. The van der Waals surface area contributed by atoms with E-state index in [9.17, 15) is 14.4 Å². The number of carbonyl (C=O) groups excluding carboxylic acids is 1. The summed E-state index contributed by atoms with van der Waals surface area (Å²) in [5.74, 6) is -0.134. The molecule has 0 unspecified atom stereocenters. The number of hydrogen-bond donors (Lipinski definition) is 2. The molecule has 166 valence electrons. The summed E-state index contributed by atoms with van der Waals surface area (Å²) in [6, 6.07) is 5.61. The van der Waals surface area contributed by atoms with Gasteiger partial charge >= 0.3 is 5.69 Å². The zero-order valence-electron chi connectivity index (χ0n) is 18.5. The fraction of sp³-hybridized carbons (Fsp3) is 0.455. The van der Waals surface area contributed by atoms with Crippen LogP contribution in [0.4, 0.5) is 11.5 Å². The Labute approximate surface area is 180 Å². The molecule has 0 bridgehead atoms. The molecule has 1 amide bonds. The SMILES string of the molecule is CCCCn1c(N)c(N(CCC(C)C)C(=O)c2cn3c(C)cccc3n2)c(=O)[nH]c1=O. The lowest BCUT2D eigenvalue weighted by molar-refractivity contribution is 0.0981. The van der Waals surface area contributed by atoms with Crippen molar-refractivity contribution in [2.24, 2.45) is 5.92 Å². The van der Waals surface area contributed by atoms with Gasteiger partial charge in [0, 0.05) is 25.0 Å². The second kappa shape index (κ2) is 9.20. The van der Waals surface area contributed by atoms with Gasteiger partial charge in [-0.25, -0.2) is 9.78 Å². The van der Waals surface area contributed by atoms with Crippen LogP contribution in [-0.2, 0) is 6.54 Å². The fourth-order valence-electron chi connectivity index (χ4n) is 3.47. The second-order valence-electron chi connectivity index (χ2n) is 8.16. The molecular formula is C22H30N6O3. The van der Waals surface area contributed by atoms with Crippen LogP contribution >= 0.6 is 0 Å². The Balaban J connectivity index is 2.12. The van der Waals surface area contributed by atoms with Crippen molar-refractivity contribution in [1.29, 1.82) is 0 Å². The first-order valence-corrected chi connectivity index (χ1v) is 10.6. The molecule has 0 atom stereocenters. The zero-order chi connectivity index (χ0) is 22.7. The number of nitrogen functional groups attached to an aromatic ring is 1. The number of aromatic amines is 1. The van der Waals surface area contributed by atoms with Crippen LogP contribution in [0, 0.1) is 12.8 Å². The summed E-state index contributed by atoms with van der Waals surface area (Å²) in [5.41, 5.74) is 6.81. The van der Waals surface area contributed by atoms with Crippen molar-refractivity contribution in [2.45, 2.75) is 53.5 Å². The number of nitrogens with one attached hydrogen (secondary N) is 1. The number of unbranched alkanes of at least 4 members (excludes halogenated alkanes) is 1. The lowest BCUT2D eigenvalue weighted by Crippen LogP contribution is -2.42. The van der Waals surface area contributed by atoms with Crippen LogP contribution in [0.2, 0.25) is 0 Å². The molecule has 3 aromatic rings. The average Bonchev–Trinajstić information content (AvgIpc) is 3.15. The predicted octanol–water partition coefficient (Wildman–Crippen LogP) is 2.57. The lowest BCUT2D eigenvalue weighted by Gasteiger charge is -2.24. The first kappa shape index (κ1) is 22.3. The molecule has 0 aliphatic heterocycles. The van der Waals surface area contributed by atoms with Gasteiger partial charge in [-0.3, -0.25) is 24.0 Å². The molecule has 0 aliphatic carbocycles. The number of pyridine rings is 1. The van der Waals surface area contributed by atoms with Crippen molar-refractivity contribution < 1.29 is 4.79 Å². The molecule has 0 saturated carbocycles. The van der Waals surface area contributed by atoms with Crippen LogP contribution in [-0.4, -0.2) is 31.4 Å². The van der Waals surface area contributed by atoms with E-state index in [4.69, 9.17) is 5.73 Å². The zero-order valence-corrected chi connectivity index (χ0v) is 18.5. The van der Waals surface area contributed by atoms with Crippen LogP contribution in [0.15, 0.2) is 34.0 Å². The van der Waals surface area contributed by atoms with Crippen LogP contribution in [0.3, 0.4) is 0 Å². The van der Waals surface area contributed by atoms with Crippen LogP contribution in [0.5, 0.6) is 0 Å². The van der Waals surface area contributed by atoms with Crippen LogP contribution in [0.25, 0.3) is 5.65 Å². The maximum atomic E-state index is 13.5. The van der Waals surface area contributed by atoms with Crippen molar-refractivity contribution in [3.8, 4) is 0 Å². The third kappa shape index (κ3) is 4.55. The van der Waals surface area contributed by atoms with Gasteiger partial charge in [0.1, 0.15) is 17.2 Å². The average molecular weight is 427 g/mol.